The Hall–Kier alpha value is -6.45. The number of rotatable bonds is 15. The first-order valence-electron chi connectivity index (χ1n) is 16.7. The molecule has 22 nitrogen and oxygen atoms in total. The van der Waals surface area contributed by atoms with Crippen molar-refractivity contribution in [1.29, 1.82) is 0 Å². The maximum atomic E-state index is 13.2. The van der Waals surface area contributed by atoms with Crippen molar-refractivity contribution in [2.75, 3.05) is 47.6 Å². The van der Waals surface area contributed by atoms with Crippen molar-refractivity contribution < 1.29 is 59.0 Å². The van der Waals surface area contributed by atoms with Crippen LogP contribution in [0.25, 0.3) is 21.5 Å². The van der Waals surface area contributed by atoms with Gasteiger partial charge in [0.05, 0.1) is 13.2 Å². The van der Waals surface area contributed by atoms with E-state index in [1.165, 1.54) is 30.3 Å². The molecule has 0 saturated heterocycles. The summed E-state index contributed by atoms with van der Waals surface area (Å²) in [6, 6.07) is 16.1. The minimum atomic E-state index is -5.19. The maximum Gasteiger partial charge on any atom is 0.297 e. The van der Waals surface area contributed by atoms with Crippen LogP contribution in [0.5, 0.6) is 5.75 Å². The standard InChI is InChI=1S/C34H31N9O13S3/c44-14-12-35-32-39-33(36-13-15-45)41-34(40-32)38-20-6-4-18(5-7-20)31(47)37-21-8-9-22-19(16-21)17-27(58(51,52)53)28(29(22)46)43-42-25-11-10-23-24(30(25)59(54,55)56)2-1-3-26(23)57(48,49)50/h1-11,16-17,44-46H,12-15H2,(H,37,47)(H,48,49,50)(H,51,52,53)(H,54,55,56)(H3,35,36,38,39,40,41)/b43-42+. The first-order chi connectivity index (χ1) is 27.9. The van der Waals surface area contributed by atoms with Crippen LogP contribution in [0.2, 0.25) is 0 Å². The predicted octanol–water partition coefficient (Wildman–Crippen LogP) is 3.84. The van der Waals surface area contributed by atoms with Crippen LogP contribution in [0.4, 0.5) is 40.6 Å². The van der Waals surface area contributed by atoms with Crippen LogP contribution in [0.1, 0.15) is 10.4 Å². The van der Waals surface area contributed by atoms with Crippen molar-refractivity contribution in [3.05, 3.63) is 84.4 Å². The monoisotopic (exact) mass is 869 g/mol. The summed E-state index contributed by atoms with van der Waals surface area (Å²) < 4.78 is 103. The highest BCUT2D eigenvalue weighted by molar-refractivity contribution is 7.86. The van der Waals surface area contributed by atoms with Crippen molar-refractivity contribution in [2.45, 2.75) is 14.7 Å². The third kappa shape index (κ3) is 9.65. The lowest BCUT2D eigenvalue weighted by Gasteiger charge is -2.12. The Morgan fingerprint density at radius 1 is 0.627 bits per heavy atom. The zero-order chi connectivity index (χ0) is 42.7. The molecule has 0 aliphatic rings. The Balaban J connectivity index is 1.28. The molecule has 59 heavy (non-hydrogen) atoms. The number of phenolic OH excluding ortho intramolecular Hbond substituents is 1. The van der Waals surface area contributed by atoms with Gasteiger partial charge in [-0.2, -0.15) is 40.2 Å². The lowest BCUT2D eigenvalue weighted by atomic mass is 10.1. The highest BCUT2D eigenvalue weighted by Crippen LogP contribution is 2.43. The second-order valence-electron chi connectivity index (χ2n) is 12.2. The number of azo groups is 1. The average Bonchev–Trinajstić information content (AvgIpc) is 3.17. The van der Waals surface area contributed by atoms with Crippen LogP contribution in [0, 0.1) is 0 Å². The fourth-order valence-electron chi connectivity index (χ4n) is 5.65. The Labute approximate surface area is 334 Å². The number of anilines is 5. The largest absolute Gasteiger partial charge is 0.505 e. The number of amides is 1. The summed E-state index contributed by atoms with van der Waals surface area (Å²) in [6.45, 7) is -0.00998. The van der Waals surface area contributed by atoms with E-state index in [0.717, 1.165) is 36.4 Å². The number of carbonyl (C=O) groups is 1. The first-order valence-corrected chi connectivity index (χ1v) is 21.0. The molecule has 0 unspecified atom stereocenters. The van der Waals surface area contributed by atoms with Gasteiger partial charge in [0.1, 0.15) is 26.1 Å². The maximum absolute atomic E-state index is 13.2. The van der Waals surface area contributed by atoms with Crippen LogP contribution in [-0.4, -0.2) is 101 Å². The Kier molecular flexibility index (Phi) is 12.0. The van der Waals surface area contributed by atoms with Gasteiger partial charge in [0, 0.05) is 46.2 Å². The number of hydrogen-bond acceptors (Lipinski definition) is 18. The van der Waals surface area contributed by atoms with Crippen molar-refractivity contribution in [1.82, 2.24) is 15.0 Å². The average molecular weight is 870 g/mol. The van der Waals surface area contributed by atoms with Crippen molar-refractivity contribution >= 4 is 98.4 Å². The van der Waals surface area contributed by atoms with E-state index in [2.05, 4.69) is 46.4 Å². The number of nitrogens with zero attached hydrogens (tertiary/aromatic N) is 5. The highest BCUT2D eigenvalue weighted by atomic mass is 32.2. The number of aliphatic hydroxyl groups excluding tert-OH is 2. The molecule has 0 atom stereocenters. The van der Waals surface area contributed by atoms with Gasteiger partial charge >= 0.3 is 0 Å². The molecule has 0 saturated carbocycles. The van der Waals surface area contributed by atoms with Gasteiger partial charge in [0.2, 0.25) is 17.8 Å². The zero-order valence-electron chi connectivity index (χ0n) is 29.8. The molecule has 0 aliphatic carbocycles. The quantitative estimate of drug-likeness (QED) is 0.0517. The summed E-state index contributed by atoms with van der Waals surface area (Å²) in [7, 11) is -15.2. The number of nitrogens with one attached hydrogen (secondary N) is 4. The summed E-state index contributed by atoms with van der Waals surface area (Å²) in [5.41, 5.74) is -0.685. The number of benzene rings is 5. The molecule has 1 aromatic heterocycles. The molecule has 0 radical (unpaired) electrons. The number of carbonyl (C=O) groups excluding carboxylic acids is 1. The van der Waals surface area contributed by atoms with Crippen molar-refractivity contribution in [2.24, 2.45) is 10.2 Å². The lowest BCUT2D eigenvalue weighted by Crippen LogP contribution is -2.15. The zero-order valence-corrected chi connectivity index (χ0v) is 32.3. The van der Waals surface area contributed by atoms with E-state index in [4.69, 9.17) is 10.2 Å². The Morgan fingerprint density at radius 3 is 1.81 bits per heavy atom. The number of hydrogen-bond donors (Lipinski definition) is 10. The molecule has 0 aliphatic heterocycles. The number of fused-ring (bicyclic) bond motifs is 2. The molecule has 308 valence electrons. The summed E-state index contributed by atoms with van der Waals surface area (Å²) in [5.74, 6) is -1.02. The van der Waals surface area contributed by atoms with Crippen LogP contribution in [0.15, 0.2) is 104 Å². The molecule has 0 spiro atoms. The number of phenols is 1. The summed E-state index contributed by atoms with van der Waals surface area (Å²) in [4.78, 5) is 23.2. The molecule has 6 aromatic rings. The number of aromatic nitrogens is 3. The molecule has 0 fully saturated rings. The fraction of sp³-hybridized carbons (Fsp3) is 0.118. The molecule has 5 aromatic carbocycles. The minimum Gasteiger partial charge on any atom is -0.505 e. The second kappa shape index (κ2) is 16.8. The molecule has 0 bridgehead atoms. The van der Waals surface area contributed by atoms with Crippen molar-refractivity contribution in [3.63, 3.8) is 0 Å². The van der Waals surface area contributed by atoms with Gasteiger partial charge in [0.25, 0.3) is 36.3 Å². The van der Waals surface area contributed by atoms with Gasteiger partial charge in [-0.05, 0) is 66.0 Å². The Bertz CT molecular complexity index is 2960. The molecule has 25 heteroatoms. The summed E-state index contributed by atoms with van der Waals surface area (Å²) >= 11 is 0. The summed E-state index contributed by atoms with van der Waals surface area (Å²) in [5, 5.41) is 47.3. The topological polar surface area (TPSA) is 352 Å². The lowest BCUT2D eigenvalue weighted by molar-refractivity contribution is 0.102. The van der Waals surface area contributed by atoms with E-state index in [0.29, 0.717) is 5.69 Å². The van der Waals surface area contributed by atoms with Gasteiger partial charge < -0.3 is 36.6 Å². The summed E-state index contributed by atoms with van der Waals surface area (Å²) in [6.07, 6.45) is 0. The van der Waals surface area contributed by atoms with Gasteiger partial charge in [-0.15, -0.1) is 10.2 Å². The predicted molar refractivity (Wildman–Crippen MR) is 212 cm³/mol. The number of aromatic hydroxyl groups is 1. The van der Waals surface area contributed by atoms with Crippen LogP contribution in [0.3, 0.4) is 0 Å². The molecular weight excluding hydrogens is 839 g/mol. The molecule has 10 N–H and O–H groups in total. The van der Waals surface area contributed by atoms with E-state index in [-0.39, 0.29) is 71.6 Å². The van der Waals surface area contributed by atoms with Gasteiger partial charge in [0.15, 0.2) is 5.75 Å². The third-order valence-electron chi connectivity index (χ3n) is 8.16. The number of aliphatic hydroxyl groups is 2. The SMILES string of the molecule is O=C(Nc1ccc2c(O)c(/N=N/c3ccc4c(S(=O)(=O)O)cccc4c3S(=O)(=O)O)c(S(=O)(=O)O)cc2c1)c1ccc(Nc2nc(NCCO)nc(NCCO)n2)cc1. The Morgan fingerprint density at radius 2 is 1.22 bits per heavy atom. The van der Waals surface area contributed by atoms with E-state index in [1.807, 2.05) is 0 Å². The highest BCUT2D eigenvalue weighted by Gasteiger charge is 2.26. The smallest absolute Gasteiger partial charge is 0.297 e. The van der Waals surface area contributed by atoms with Gasteiger partial charge in [-0.3, -0.25) is 18.5 Å². The van der Waals surface area contributed by atoms with E-state index >= 15 is 0 Å². The molecular formula is C34H31N9O13S3. The van der Waals surface area contributed by atoms with Gasteiger partial charge in [-0.1, -0.05) is 18.2 Å². The minimum absolute atomic E-state index is 0.00783. The molecule has 6 rings (SSSR count). The first kappa shape index (κ1) is 42.2. The van der Waals surface area contributed by atoms with E-state index in [9.17, 15) is 48.8 Å². The normalized spacial score (nSPS) is 12.2. The van der Waals surface area contributed by atoms with Crippen LogP contribution >= 0.6 is 0 Å². The molecule has 1 heterocycles. The fourth-order valence-corrected chi connectivity index (χ4v) is 7.85. The van der Waals surface area contributed by atoms with Crippen molar-refractivity contribution in [3.8, 4) is 5.75 Å². The second-order valence-corrected chi connectivity index (χ2v) is 16.3. The van der Waals surface area contributed by atoms with E-state index < -0.39 is 73.5 Å². The van der Waals surface area contributed by atoms with E-state index in [1.54, 1.807) is 12.1 Å². The third-order valence-corrected chi connectivity index (χ3v) is 10.9. The van der Waals surface area contributed by atoms with Crippen LogP contribution < -0.4 is 21.3 Å². The van der Waals surface area contributed by atoms with Gasteiger partial charge in [-0.25, -0.2) is 0 Å². The van der Waals surface area contributed by atoms with Crippen LogP contribution in [-0.2, 0) is 30.4 Å². The molecule has 1 amide bonds.